The number of carbonyl (C=O) groups excluding carboxylic acids is 2. The summed E-state index contributed by atoms with van der Waals surface area (Å²) >= 11 is 0. The van der Waals surface area contributed by atoms with Gasteiger partial charge in [-0.1, -0.05) is 72.8 Å². The van der Waals surface area contributed by atoms with Crippen LogP contribution in [0, 0.1) is 5.41 Å². The predicted molar refractivity (Wildman–Crippen MR) is 151 cm³/mol. The molecule has 0 aliphatic carbocycles. The summed E-state index contributed by atoms with van der Waals surface area (Å²) in [6.45, 7) is 1.33. The normalized spacial score (nSPS) is 12.1. The third-order valence-corrected chi connectivity index (χ3v) is 8.23. The molecule has 0 unspecified atom stereocenters. The molecule has 4 rings (SSSR count). The number of benzene rings is 3. The van der Waals surface area contributed by atoms with E-state index in [1.54, 1.807) is 60.8 Å². The first-order valence-electron chi connectivity index (χ1n) is 12.0. The second kappa shape index (κ2) is 11.5. The van der Waals surface area contributed by atoms with Gasteiger partial charge < -0.3 is 31.1 Å². The zero-order valence-electron chi connectivity index (χ0n) is 20.8. The van der Waals surface area contributed by atoms with Crippen molar-refractivity contribution in [3.63, 3.8) is 0 Å². The van der Waals surface area contributed by atoms with E-state index in [4.69, 9.17) is 11.1 Å². The highest BCUT2D eigenvalue weighted by atomic mass is 31.2. The van der Waals surface area contributed by atoms with E-state index >= 15 is 0 Å². The quantitative estimate of drug-likeness (QED) is 0.0998. The summed E-state index contributed by atoms with van der Waals surface area (Å²) in [7, 11) is -3.94. The van der Waals surface area contributed by atoms with Gasteiger partial charge in [-0.2, -0.15) is 0 Å². The molecule has 0 spiro atoms. The zero-order valence-corrected chi connectivity index (χ0v) is 21.7. The molecule has 3 aromatic carbocycles. The summed E-state index contributed by atoms with van der Waals surface area (Å²) < 4.78 is 0. The highest BCUT2D eigenvalue weighted by Gasteiger charge is 2.27. The molecule has 0 saturated carbocycles. The molecule has 10 heteroatoms. The number of aromatic nitrogens is 1. The van der Waals surface area contributed by atoms with Gasteiger partial charge in [0.05, 0.1) is 5.42 Å². The lowest BCUT2D eigenvalue weighted by Gasteiger charge is -2.24. The van der Waals surface area contributed by atoms with Crippen LogP contribution in [0.2, 0.25) is 0 Å². The van der Waals surface area contributed by atoms with Crippen LogP contribution in [0.5, 0.6) is 0 Å². The van der Waals surface area contributed by atoms with Gasteiger partial charge in [0.25, 0.3) is 0 Å². The fourth-order valence-electron chi connectivity index (χ4n) is 4.22. The molecule has 8 N–H and O–H groups in total. The van der Waals surface area contributed by atoms with Crippen molar-refractivity contribution < 1.29 is 19.4 Å². The number of fused-ring (bicyclic) bond motifs is 1. The third kappa shape index (κ3) is 6.20. The Hall–Kier alpha value is -4.17. The molecule has 1 aromatic heterocycles. The van der Waals surface area contributed by atoms with Crippen molar-refractivity contribution in [3.05, 3.63) is 102 Å². The number of amides is 2. The number of para-hydroxylation sites is 1. The van der Waals surface area contributed by atoms with E-state index in [2.05, 4.69) is 15.6 Å². The summed E-state index contributed by atoms with van der Waals surface area (Å²) in [5, 5.41) is 14.2. The maximum Gasteiger partial charge on any atom is 0.247 e. The molecule has 4 aromatic rings. The number of H-pyrrole nitrogens is 1. The van der Waals surface area contributed by atoms with Gasteiger partial charge in [-0.25, -0.2) is 0 Å². The Morgan fingerprint density at radius 1 is 1.00 bits per heavy atom. The highest BCUT2D eigenvalue weighted by molar-refractivity contribution is 7.72. The van der Waals surface area contributed by atoms with Crippen molar-refractivity contribution in [2.24, 2.45) is 5.73 Å². The third-order valence-electron chi connectivity index (χ3n) is 6.19. The number of amidine groups is 1. The van der Waals surface area contributed by atoms with Crippen LogP contribution in [0.1, 0.15) is 23.6 Å². The molecule has 1 atom stereocenters. The Kier molecular flexibility index (Phi) is 8.12. The molecule has 0 bridgehead atoms. The molecule has 0 aliphatic heterocycles. The zero-order chi connectivity index (χ0) is 27.3. The number of nitrogen functional groups attached to an aromatic ring is 1. The van der Waals surface area contributed by atoms with Crippen LogP contribution in [0.25, 0.3) is 10.9 Å². The summed E-state index contributed by atoms with van der Waals surface area (Å²) in [5.41, 5.74) is 8.53. The van der Waals surface area contributed by atoms with E-state index in [0.29, 0.717) is 11.1 Å². The van der Waals surface area contributed by atoms with E-state index in [9.17, 15) is 19.4 Å². The SMILES string of the molecule is CC(=O)N[C@H](Cc1c[nH]c2ccccc12)C(=O)NC(Cc1ccc(C(=N)N)cc1)=P(O)(O)c1ccccc1. The summed E-state index contributed by atoms with van der Waals surface area (Å²) in [4.78, 5) is 51.4. The van der Waals surface area contributed by atoms with Crippen LogP contribution in [0.4, 0.5) is 0 Å². The van der Waals surface area contributed by atoms with Crippen LogP contribution < -0.4 is 21.7 Å². The number of carbonyl (C=O) groups is 2. The molecule has 196 valence electrons. The van der Waals surface area contributed by atoms with Crippen molar-refractivity contribution in [2.75, 3.05) is 0 Å². The first-order chi connectivity index (χ1) is 18.1. The fraction of sp³-hybridized carbons (Fsp3) is 0.143. The van der Waals surface area contributed by atoms with Crippen LogP contribution in [-0.2, 0) is 22.4 Å². The Labute approximate surface area is 220 Å². The van der Waals surface area contributed by atoms with Gasteiger partial charge in [0.1, 0.15) is 11.9 Å². The largest absolute Gasteiger partial charge is 0.384 e. The van der Waals surface area contributed by atoms with E-state index in [-0.39, 0.29) is 35.3 Å². The van der Waals surface area contributed by atoms with Gasteiger partial charge >= 0.3 is 0 Å². The second-order valence-electron chi connectivity index (χ2n) is 8.98. The minimum atomic E-state index is -3.94. The molecule has 2 amide bonds. The van der Waals surface area contributed by atoms with Gasteiger partial charge in [-0.05, 0) is 17.2 Å². The number of hydrogen-bond donors (Lipinski definition) is 7. The van der Waals surface area contributed by atoms with E-state index in [1.807, 2.05) is 24.3 Å². The van der Waals surface area contributed by atoms with Gasteiger partial charge in [0.2, 0.25) is 11.8 Å². The van der Waals surface area contributed by atoms with Crippen molar-refractivity contribution in [1.82, 2.24) is 15.6 Å². The van der Waals surface area contributed by atoms with Gasteiger partial charge in [-0.15, -0.1) is 0 Å². The minimum absolute atomic E-state index is 0.0264. The molecule has 0 saturated heterocycles. The minimum Gasteiger partial charge on any atom is -0.384 e. The maximum atomic E-state index is 13.6. The predicted octanol–water partition coefficient (Wildman–Crippen LogP) is 2.15. The average Bonchev–Trinajstić information content (AvgIpc) is 3.31. The topological polar surface area (TPSA) is 164 Å². The highest BCUT2D eigenvalue weighted by Crippen LogP contribution is 2.38. The first-order valence-corrected chi connectivity index (χ1v) is 13.7. The molecular formula is C28H30N5O4P. The molecule has 0 aliphatic rings. The van der Waals surface area contributed by atoms with E-state index < -0.39 is 19.3 Å². The van der Waals surface area contributed by atoms with Crippen LogP contribution in [-0.4, -0.2) is 43.9 Å². The Balaban J connectivity index is 1.69. The summed E-state index contributed by atoms with van der Waals surface area (Å²) in [6.07, 6.45) is 2.02. The number of rotatable bonds is 9. The van der Waals surface area contributed by atoms with Crippen molar-refractivity contribution in [3.8, 4) is 0 Å². The van der Waals surface area contributed by atoms with Gasteiger partial charge in [0.15, 0.2) is 7.34 Å². The average molecular weight is 532 g/mol. The lowest BCUT2D eigenvalue weighted by Crippen LogP contribution is -2.49. The van der Waals surface area contributed by atoms with Gasteiger partial charge in [-0.3, -0.25) is 15.0 Å². The monoisotopic (exact) mass is 531 g/mol. The number of nitrogens with one attached hydrogen (secondary N) is 4. The fourth-order valence-corrected chi connectivity index (χ4v) is 5.79. The maximum absolute atomic E-state index is 13.6. The Morgan fingerprint density at radius 3 is 2.32 bits per heavy atom. The number of aromatic amines is 1. The van der Waals surface area contributed by atoms with E-state index in [1.165, 1.54) is 6.92 Å². The van der Waals surface area contributed by atoms with Crippen molar-refractivity contribution in [2.45, 2.75) is 25.8 Å². The lowest BCUT2D eigenvalue weighted by molar-refractivity contribution is -0.127. The Bertz CT molecular complexity index is 1520. The number of nitrogens with two attached hydrogens (primary N) is 1. The molecule has 1 heterocycles. The molecule has 38 heavy (non-hydrogen) atoms. The van der Waals surface area contributed by atoms with Crippen molar-refractivity contribution in [1.29, 1.82) is 5.41 Å². The van der Waals surface area contributed by atoms with Crippen LogP contribution >= 0.6 is 7.34 Å². The molecular weight excluding hydrogens is 501 g/mol. The Morgan fingerprint density at radius 2 is 1.66 bits per heavy atom. The van der Waals surface area contributed by atoms with E-state index in [0.717, 1.165) is 16.5 Å². The van der Waals surface area contributed by atoms with Crippen LogP contribution in [0.15, 0.2) is 85.1 Å². The second-order valence-corrected chi connectivity index (χ2v) is 11.2. The summed E-state index contributed by atoms with van der Waals surface area (Å²) in [5.74, 6) is -1.03. The van der Waals surface area contributed by atoms with Crippen LogP contribution in [0.3, 0.4) is 0 Å². The lowest BCUT2D eigenvalue weighted by atomic mass is 10.0. The molecule has 9 nitrogen and oxygen atoms in total. The standard InChI is InChI=1S/C28H30N5O4P/c1-18(34)32-25(16-21-17-31-24-10-6-5-9-23(21)24)28(35)33-26(38(36,37)22-7-3-2-4-8-22)15-19-11-13-20(14-12-19)27(29)30/h2-14,17,25,31,36-37H,15-16H2,1H3,(H3,29,30)(H,32,34)(H,33,35)/t25-/m1/s1. The summed E-state index contributed by atoms with van der Waals surface area (Å²) in [6, 6.07) is 21.8. The van der Waals surface area contributed by atoms with Gasteiger partial charge in [0, 0.05) is 47.7 Å². The molecule has 0 radical (unpaired) electrons. The smallest absolute Gasteiger partial charge is 0.247 e. The number of hydrogen-bond acceptors (Lipinski definition) is 5. The first kappa shape index (κ1) is 26.9. The van der Waals surface area contributed by atoms with Crippen molar-refractivity contribution >= 4 is 46.6 Å². The molecule has 0 fully saturated rings.